The summed E-state index contributed by atoms with van der Waals surface area (Å²) in [6.45, 7) is 3.27. The number of hydrogen-bond donors (Lipinski definition) is 2. The average Bonchev–Trinajstić information content (AvgIpc) is 2.20. The van der Waals surface area contributed by atoms with Gasteiger partial charge in [-0.05, 0) is 31.5 Å². The second kappa shape index (κ2) is 6.21. The second-order valence-electron chi connectivity index (χ2n) is 4.38. The average molecular weight is 325 g/mol. The molecule has 2 unspecified atom stereocenters. The van der Waals surface area contributed by atoms with Crippen molar-refractivity contribution >= 4 is 38.1 Å². The van der Waals surface area contributed by atoms with Crippen molar-refractivity contribution in [3.05, 3.63) is 22.7 Å². The number of benzene rings is 1. The molecule has 0 radical (unpaired) electrons. The molecular weight excluding hydrogens is 308 g/mol. The van der Waals surface area contributed by atoms with Crippen LogP contribution in [-0.2, 0) is 20.8 Å². The van der Waals surface area contributed by atoms with E-state index in [1.54, 1.807) is 13.8 Å². The molecule has 1 rings (SSSR count). The summed E-state index contributed by atoms with van der Waals surface area (Å²) in [5, 5.41) is 0.259. The summed E-state index contributed by atoms with van der Waals surface area (Å²) >= 11 is 5.83. The molecule has 19 heavy (non-hydrogen) atoms. The smallest absolute Gasteiger partial charge is 0.241 e. The first kappa shape index (κ1) is 16.4. The fourth-order valence-corrected chi connectivity index (χ4v) is 4.40. The molecule has 0 aliphatic heterocycles. The number of anilines is 1. The topological polar surface area (TPSA) is 89.3 Å². The maximum Gasteiger partial charge on any atom is 0.241 e. The molecule has 8 heteroatoms. The molecule has 0 aliphatic rings. The summed E-state index contributed by atoms with van der Waals surface area (Å²) in [5.74, 6) is 0.244. The van der Waals surface area contributed by atoms with Crippen LogP contribution in [0.15, 0.2) is 17.0 Å². The molecular formula is C11H17ClN2O3S2. The van der Waals surface area contributed by atoms with Crippen molar-refractivity contribution in [2.75, 3.05) is 17.7 Å². The summed E-state index contributed by atoms with van der Waals surface area (Å²) in [7, 11) is -4.81. The van der Waals surface area contributed by atoms with Gasteiger partial charge < -0.3 is 5.73 Å². The predicted molar refractivity (Wildman–Crippen MR) is 79.3 cm³/mol. The summed E-state index contributed by atoms with van der Waals surface area (Å²) in [4.78, 5) is 0.0474. The third-order valence-corrected chi connectivity index (χ3v) is 5.40. The molecule has 108 valence electrons. The minimum Gasteiger partial charge on any atom is -0.398 e. The highest BCUT2D eigenvalue weighted by Crippen LogP contribution is 2.26. The number of nitrogens with two attached hydrogens (primary N) is 1. The van der Waals surface area contributed by atoms with E-state index in [-0.39, 0.29) is 15.7 Å². The van der Waals surface area contributed by atoms with Crippen LogP contribution in [0.1, 0.15) is 12.5 Å². The van der Waals surface area contributed by atoms with Crippen LogP contribution in [0.4, 0.5) is 5.69 Å². The lowest BCUT2D eigenvalue weighted by Gasteiger charge is -2.15. The van der Waals surface area contributed by atoms with E-state index < -0.39 is 26.9 Å². The molecule has 0 fully saturated rings. The van der Waals surface area contributed by atoms with Gasteiger partial charge in [0.15, 0.2) is 0 Å². The van der Waals surface area contributed by atoms with Gasteiger partial charge in [-0.3, -0.25) is 4.21 Å². The Morgan fingerprint density at radius 1 is 1.47 bits per heavy atom. The van der Waals surface area contributed by atoms with E-state index in [9.17, 15) is 12.6 Å². The summed E-state index contributed by atoms with van der Waals surface area (Å²) in [5.41, 5.74) is 6.47. The lowest BCUT2D eigenvalue weighted by Crippen LogP contribution is -2.36. The largest absolute Gasteiger partial charge is 0.398 e. The normalized spacial score (nSPS) is 15.2. The van der Waals surface area contributed by atoms with Crippen LogP contribution in [0.5, 0.6) is 0 Å². The van der Waals surface area contributed by atoms with Crippen molar-refractivity contribution in [2.45, 2.75) is 24.8 Å². The zero-order valence-corrected chi connectivity index (χ0v) is 13.3. The van der Waals surface area contributed by atoms with E-state index >= 15 is 0 Å². The number of nitrogen functional groups attached to an aromatic ring is 1. The Kier molecular flexibility index (Phi) is 5.37. The first-order valence-corrected chi connectivity index (χ1v) is 9.10. The summed E-state index contributed by atoms with van der Waals surface area (Å²) in [6.07, 6.45) is 1.52. The van der Waals surface area contributed by atoms with Crippen LogP contribution < -0.4 is 10.5 Å². The SMILES string of the molecule is Cc1c(N)cc(Cl)cc1S(=O)(=O)NC(C)CS(C)=O. The van der Waals surface area contributed by atoms with Crippen LogP contribution in [0.25, 0.3) is 0 Å². The molecule has 0 bridgehead atoms. The van der Waals surface area contributed by atoms with E-state index in [4.69, 9.17) is 17.3 Å². The molecule has 0 aromatic heterocycles. The number of nitrogens with one attached hydrogen (secondary N) is 1. The first-order chi connectivity index (χ1) is 8.63. The van der Waals surface area contributed by atoms with Gasteiger partial charge >= 0.3 is 0 Å². The number of rotatable bonds is 5. The molecule has 1 aromatic rings. The highest BCUT2D eigenvalue weighted by atomic mass is 35.5. The lowest BCUT2D eigenvalue weighted by molar-refractivity contribution is 0.569. The van der Waals surface area contributed by atoms with Crippen molar-refractivity contribution < 1.29 is 12.6 Å². The molecule has 0 amide bonds. The predicted octanol–water partition coefficient (Wildman–Crippen LogP) is 1.28. The molecule has 0 heterocycles. The van der Waals surface area contributed by atoms with E-state index in [1.165, 1.54) is 18.4 Å². The van der Waals surface area contributed by atoms with Crippen molar-refractivity contribution in [1.82, 2.24) is 4.72 Å². The van der Waals surface area contributed by atoms with Crippen molar-refractivity contribution in [1.29, 1.82) is 0 Å². The van der Waals surface area contributed by atoms with Crippen LogP contribution >= 0.6 is 11.6 Å². The monoisotopic (exact) mass is 324 g/mol. The Morgan fingerprint density at radius 3 is 2.58 bits per heavy atom. The zero-order chi connectivity index (χ0) is 14.8. The molecule has 5 nitrogen and oxygen atoms in total. The molecule has 0 spiro atoms. The Balaban J connectivity index is 3.11. The fourth-order valence-electron chi connectivity index (χ4n) is 1.67. The standard InChI is InChI=1S/C11H17ClN2O3S2/c1-7(6-18(3)15)14-19(16,17)11-5-9(12)4-10(13)8(11)2/h4-5,7,14H,6,13H2,1-3H3. The first-order valence-electron chi connectivity index (χ1n) is 5.51. The van der Waals surface area contributed by atoms with Crippen molar-refractivity contribution in [3.63, 3.8) is 0 Å². The zero-order valence-electron chi connectivity index (χ0n) is 10.9. The van der Waals surface area contributed by atoms with Gasteiger partial charge in [-0.15, -0.1) is 0 Å². The van der Waals surface area contributed by atoms with Gasteiger partial charge in [0.1, 0.15) is 0 Å². The highest BCUT2D eigenvalue weighted by molar-refractivity contribution is 7.89. The van der Waals surface area contributed by atoms with Gasteiger partial charge in [0, 0.05) is 39.6 Å². The van der Waals surface area contributed by atoms with Crippen molar-refractivity contribution in [2.24, 2.45) is 0 Å². The number of hydrogen-bond acceptors (Lipinski definition) is 4. The molecule has 0 saturated heterocycles. The Labute approximate surface area is 121 Å². The van der Waals surface area contributed by atoms with E-state index in [2.05, 4.69) is 4.72 Å². The van der Waals surface area contributed by atoms with Gasteiger partial charge in [-0.25, -0.2) is 13.1 Å². The van der Waals surface area contributed by atoms with Crippen LogP contribution in [-0.4, -0.2) is 30.7 Å². The van der Waals surface area contributed by atoms with E-state index in [0.717, 1.165) is 0 Å². The van der Waals surface area contributed by atoms with Gasteiger partial charge in [-0.2, -0.15) is 0 Å². The van der Waals surface area contributed by atoms with Crippen molar-refractivity contribution in [3.8, 4) is 0 Å². The maximum atomic E-state index is 12.2. The lowest BCUT2D eigenvalue weighted by atomic mass is 10.2. The van der Waals surface area contributed by atoms with Gasteiger partial charge in [-0.1, -0.05) is 11.6 Å². The third kappa shape index (κ3) is 4.45. The van der Waals surface area contributed by atoms with Crippen LogP contribution in [0.3, 0.4) is 0 Å². The minimum atomic E-state index is -3.73. The molecule has 3 N–H and O–H groups in total. The quantitative estimate of drug-likeness (QED) is 0.798. The van der Waals surface area contributed by atoms with Gasteiger partial charge in [0.05, 0.1) is 4.90 Å². The summed E-state index contributed by atoms with van der Waals surface area (Å²) < 4.78 is 38.0. The number of halogens is 1. The molecule has 0 aliphatic carbocycles. The highest BCUT2D eigenvalue weighted by Gasteiger charge is 2.21. The van der Waals surface area contributed by atoms with Gasteiger partial charge in [0.25, 0.3) is 0 Å². The second-order valence-corrected chi connectivity index (χ2v) is 7.98. The summed E-state index contributed by atoms with van der Waals surface area (Å²) in [6, 6.07) is 2.42. The Hall–Kier alpha value is -0.630. The maximum absolute atomic E-state index is 12.2. The fraction of sp³-hybridized carbons (Fsp3) is 0.455. The number of sulfonamides is 1. The van der Waals surface area contributed by atoms with Crippen LogP contribution in [0.2, 0.25) is 5.02 Å². The Morgan fingerprint density at radius 2 is 2.05 bits per heavy atom. The van der Waals surface area contributed by atoms with E-state index in [0.29, 0.717) is 11.3 Å². The minimum absolute atomic E-state index is 0.0474. The van der Waals surface area contributed by atoms with Crippen LogP contribution in [0, 0.1) is 6.92 Å². The molecule has 1 aromatic carbocycles. The Bertz CT molecular complexity index is 602. The third-order valence-electron chi connectivity index (χ3n) is 2.50. The van der Waals surface area contributed by atoms with E-state index in [1.807, 2.05) is 0 Å². The van der Waals surface area contributed by atoms with Gasteiger partial charge in [0.2, 0.25) is 10.0 Å². The molecule has 0 saturated carbocycles. The molecule has 2 atom stereocenters.